The fourth-order valence-corrected chi connectivity index (χ4v) is 2.10. The van der Waals surface area contributed by atoms with Crippen molar-refractivity contribution in [1.82, 2.24) is 5.32 Å². The number of halogens is 1. The third-order valence-corrected chi connectivity index (χ3v) is 3.33. The molecule has 0 amide bonds. The number of anilines is 1. The molecule has 0 radical (unpaired) electrons. The average Bonchev–Trinajstić information content (AvgIpc) is 2.42. The second-order valence-corrected chi connectivity index (χ2v) is 5.45. The zero-order valence-electron chi connectivity index (χ0n) is 12.8. The first-order valence-electron chi connectivity index (χ1n) is 7.43. The van der Waals surface area contributed by atoms with E-state index in [1.165, 1.54) is 6.07 Å². The Morgan fingerprint density at radius 3 is 2.70 bits per heavy atom. The molecule has 0 unspecified atom stereocenters. The van der Waals surface area contributed by atoms with Crippen molar-refractivity contribution in [3.63, 3.8) is 0 Å². The van der Waals surface area contributed by atoms with Gasteiger partial charge in [-0.15, -0.1) is 0 Å². The first-order valence-corrected chi connectivity index (χ1v) is 7.43. The van der Waals surface area contributed by atoms with Gasteiger partial charge in [0.2, 0.25) is 0 Å². The number of aliphatic hydroxyl groups is 1. The summed E-state index contributed by atoms with van der Waals surface area (Å²) in [6.45, 7) is 9.25. The van der Waals surface area contributed by atoms with Gasteiger partial charge >= 0.3 is 0 Å². The van der Waals surface area contributed by atoms with Crippen molar-refractivity contribution in [1.29, 1.82) is 0 Å². The predicted molar refractivity (Wildman–Crippen MR) is 82.5 cm³/mol. The fraction of sp³-hybridized carbons (Fsp3) is 0.625. The van der Waals surface area contributed by atoms with E-state index in [9.17, 15) is 4.39 Å². The molecule has 0 atom stereocenters. The Hall–Kier alpha value is -1.13. The lowest BCUT2D eigenvalue weighted by Gasteiger charge is -2.23. The molecule has 0 bridgehead atoms. The second kappa shape index (κ2) is 8.93. The van der Waals surface area contributed by atoms with Crippen molar-refractivity contribution in [2.45, 2.75) is 33.7 Å². The molecular weight excluding hydrogens is 255 g/mol. The van der Waals surface area contributed by atoms with E-state index in [0.29, 0.717) is 24.7 Å². The number of hydrogen-bond donors (Lipinski definition) is 2. The zero-order valence-corrected chi connectivity index (χ0v) is 12.8. The molecule has 0 fully saturated rings. The van der Waals surface area contributed by atoms with Gasteiger partial charge in [-0.25, -0.2) is 4.39 Å². The summed E-state index contributed by atoms with van der Waals surface area (Å²) in [6, 6.07) is 5.19. The van der Waals surface area contributed by atoms with Crippen LogP contribution >= 0.6 is 0 Å². The van der Waals surface area contributed by atoms with Gasteiger partial charge < -0.3 is 15.3 Å². The summed E-state index contributed by atoms with van der Waals surface area (Å²) in [5.74, 6) is 0.456. The Morgan fingerprint density at radius 2 is 2.10 bits per heavy atom. The van der Waals surface area contributed by atoms with Crippen molar-refractivity contribution in [2.75, 3.05) is 31.1 Å². The highest BCUT2D eigenvalue weighted by molar-refractivity contribution is 5.50. The molecule has 0 saturated carbocycles. The van der Waals surface area contributed by atoms with Crippen molar-refractivity contribution < 1.29 is 9.50 Å². The molecule has 1 aromatic carbocycles. The molecule has 0 aliphatic carbocycles. The highest BCUT2D eigenvalue weighted by Crippen LogP contribution is 2.20. The maximum atomic E-state index is 13.9. The molecule has 1 aromatic rings. The van der Waals surface area contributed by atoms with E-state index in [1.54, 1.807) is 0 Å². The number of nitrogens with one attached hydrogen (secondary N) is 1. The van der Waals surface area contributed by atoms with Crippen LogP contribution in [0.2, 0.25) is 0 Å². The standard InChI is InChI=1S/C16H27FN2O/c1-4-19(9-10-20)16-11-14(5-6-15(16)17)12-18-8-7-13(2)3/h5-6,11,13,18,20H,4,7-10,12H2,1-3H3. The lowest BCUT2D eigenvalue weighted by molar-refractivity contribution is 0.302. The quantitative estimate of drug-likeness (QED) is 0.684. The van der Waals surface area contributed by atoms with Crippen LogP contribution in [0.4, 0.5) is 10.1 Å². The van der Waals surface area contributed by atoms with Gasteiger partial charge in [-0.2, -0.15) is 0 Å². The second-order valence-electron chi connectivity index (χ2n) is 5.45. The minimum Gasteiger partial charge on any atom is -0.395 e. The van der Waals surface area contributed by atoms with Crippen molar-refractivity contribution in [2.24, 2.45) is 5.92 Å². The molecule has 114 valence electrons. The number of benzene rings is 1. The summed E-state index contributed by atoms with van der Waals surface area (Å²) in [7, 11) is 0. The maximum absolute atomic E-state index is 13.9. The molecule has 0 heterocycles. The van der Waals surface area contributed by atoms with Gasteiger partial charge in [-0.3, -0.25) is 0 Å². The number of aliphatic hydroxyl groups excluding tert-OH is 1. The van der Waals surface area contributed by atoms with Gasteiger partial charge in [-0.05, 0) is 43.5 Å². The van der Waals surface area contributed by atoms with Crippen LogP contribution < -0.4 is 10.2 Å². The number of likely N-dealkylation sites (N-methyl/N-ethyl adjacent to an activating group) is 1. The minimum atomic E-state index is -0.230. The van der Waals surface area contributed by atoms with Crippen LogP contribution in [0.1, 0.15) is 32.8 Å². The van der Waals surface area contributed by atoms with Crippen LogP contribution in [0.5, 0.6) is 0 Å². The molecule has 2 N–H and O–H groups in total. The highest BCUT2D eigenvalue weighted by atomic mass is 19.1. The van der Waals surface area contributed by atoms with Crippen LogP contribution in [0.15, 0.2) is 18.2 Å². The van der Waals surface area contributed by atoms with Crippen molar-refractivity contribution in [3.8, 4) is 0 Å². The summed E-state index contributed by atoms with van der Waals surface area (Å²) >= 11 is 0. The largest absolute Gasteiger partial charge is 0.395 e. The number of nitrogens with zero attached hydrogens (tertiary/aromatic N) is 1. The first-order chi connectivity index (χ1) is 9.58. The minimum absolute atomic E-state index is 0.0319. The average molecular weight is 282 g/mol. The van der Waals surface area contributed by atoms with Gasteiger partial charge in [0.1, 0.15) is 5.82 Å². The van der Waals surface area contributed by atoms with E-state index in [0.717, 1.165) is 25.1 Å². The van der Waals surface area contributed by atoms with E-state index in [1.807, 2.05) is 24.0 Å². The zero-order chi connectivity index (χ0) is 15.0. The Balaban J connectivity index is 2.65. The van der Waals surface area contributed by atoms with Crippen molar-refractivity contribution in [3.05, 3.63) is 29.6 Å². The first kappa shape index (κ1) is 16.9. The molecule has 0 aliphatic rings. The van der Waals surface area contributed by atoms with E-state index < -0.39 is 0 Å². The molecule has 0 aliphatic heterocycles. The smallest absolute Gasteiger partial charge is 0.146 e. The third kappa shape index (κ3) is 5.47. The summed E-state index contributed by atoms with van der Waals surface area (Å²) < 4.78 is 13.9. The Morgan fingerprint density at radius 1 is 1.35 bits per heavy atom. The Kier molecular flexibility index (Phi) is 7.55. The van der Waals surface area contributed by atoms with Gasteiger partial charge in [0.25, 0.3) is 0 Å². The van der Waals surface area contributed by atoms with Crippen LogP contribution in [0, 0.1) is 11.7 Å². The van der Waals surface area contributed by atoms with E-state index >= 15 is 0 Å². The normalized spacial score (nSPS) is 11.1. The maximum Gasteiger partial charge on any atom is 0.146 e. The summed E-state index contributed by atoms with van der Waals surface area (Å²) in [4.78, 5) is 1.85. The topological polar surface area (TPSA) is 35.5 Å². The summed E-state index contributed by atoms with van der Waals surface area (Å²) in [5.41, 5.74) is 1.64. The van der Waals surface area contributed by atoms with E-state index in [2.05, 4.69) is 19.2 Å². The lowest BCUT2D eigenvalue weighted by atomic mass is 10.1. The van der Waals surface area contributed by atoms with Gasteiger partial charge in [-0.1, -0.05) is 19.9 Å². The van der Waals surface area contributed by atoms with E-state index in [4.69, 9.17) is 5.11 Å². The summed E-state index contributed by atoms with van der Waals surface area (Å²) in [6.07, 6.45) is 1.14. The SMILES string of the molecule is CCN(CCO)c1cc(CNCCC(C)C)ccc1F. The van der Waals surface area contributed by atoms with Gasteiger partial charge in [0, 0.05) is 19.6 Å². The van der Waals surface area contributed by atoms with Crippen LogP contribution in [-0.2, 0) is 6.54 Å². The fourth-order valence-electron chi connectivity index (χ4n) is 2.10. The molecule has 0 aromatic heterocycles. The van der Waals surface area contributed by atoms with Crippen molar-refractivity contribution >= 4 is 5.69 Å². The molecule has 0 spiro atoms. The predicted octanol–water partition coefficient (Wildman–Crippen LogP) is 2.78. The van der Waals surface area contributed by atoms with Gasteiger partial charge in [0.15, 0.2) is 0 Å². The Bertz CT molecular complexity index is 396. The van der Waals surface area contributed by atoms with Crippen LogP contribution in [-0.4, -0.2) is 31.3 Å². The monoisotopic (exact) mass is 282 g/mol. The van der Waals surface area contributed by atoms with Crippen LogP contribution in [0.25, 0.3) is 0 Å². The molecule has 4 heteroatoms. The molecule has 3 nitrogen and oxygen atoms in total. The summed E-state index contributed by atoms with van der Waals surface area (Å²) in [5, 5.41) is 12.4. The molecule has 1 rings (SSSR count). The third-order valence-electron chi connectivity index (χ3n) is 3.33. The Labute approximate surface area is 121 Å². The number of hydrogen-bond acceptors (Lipinski definition) is 3. The lowest BCUT2D eigenvalue weighted by Crippen LogP contribution is -2.27. The highest BCUT2D eigenvalue weighted by Gasteiger charge is 2.10. The molecule has 0 saturated heterocycles. The van der Waals surface area contributed by atoms with E-state index in [-0.39, 0.29) is 12.4 Å². The van der Waals surface area contributed by atoms with Gasteiger partial charge in [0.05, 0.1) is 12.3 Å². The molecule has 20 heavy (non-hydrogen) atoms. The molecular formula is C16H27FN2O. The number of rotatable bonds is 9. The van der Waals surface area contributed by atoms with Crippen LogP contribution in [0.3, 0.4) is 0 Å².